The van der Waals surface area contributed by atoms with Crippen LogP contribution in [0.4, 0.5) is 0 Å². The largest absolute Gasteiger partial charge is 0.388 e. The Morgan fingerprint density at radius 3 is 2.55 bits per heavy atom. The van der Waals surface area contributed by atoms with Gasteiger partial charge in [-0.2, -0.15) is 5.10 Å². The lowest BCUT2D eigenvalue weighted by Crippen LogP contribution is -2.28. The summed E-state index contributed by atoms with van der Waals surface area (Å²) in [5.41, 5.74) is 1.96. The fourth-order valence-corrected chi connectivity index (χ4v) is 3.24. The number of para-hydroxylation sites is 1. The summed E-state index contributed by atoms with van der Waals surface area (Å²) in [6, 6.07) is 10.0. The molecule has 1 aliphatic rings. The first-order chi connectivity index (χ1) is 9.69. The molecule has 1 aliphatic carbocycles. The van der Waals surface area contributed by atoms with Crippen molar-refractivity contribution in [3.8, 4) is 5.69 Å². The van der Waals surface area contributed by atoms with E-state index in [4.69, 9.17) is 0 Å². The summed E-state index contributed by atoms with van der Waals surface area (Å²) < 4.78 is 1.84. The van der Waals surface area contributed by atoms with Crippen molar-refractivity contribution in [3.63, 3.8) is 0 Å². The maximum atomic E-state index is 10.7. The van der Waals surface area contributed by atoms with Crippen molar-refractivity contribution >= 4 is 0 Å². The fraction of sp³-hybridized carbons (Fsp3) is 0.471. The van der Waals surface area contributed by atoms with Gasteiger partial charge in [0.2, 0.25) is 0 Å². The van der Waals surface area contributed by atoms with Crippen LogP contribution in [0.2, 0.25) is 0 Å². The number of aliphatic hydroxyl groups excluding tert-OH is 1. The second-order valence-electron chi connectivity index (χ2n) is 6.17. The molecule has 0 saturated heterocycles. The molecule has 1 fully saturated rings. The van der Waals surface area contributed by atoms with Crippen LogP contribution in [0.15, 0.2) is 42.7 Å². The minimum atomic E-state index is -0.416. The van der Waals surface area contributed by atoms with Crippen LogP contribution < -0.4 is 0 Å². The van der Waals surface area contributed by atoms with E-state index in [9.17, 15) is 5.11 Å². The summed E-state index contributed by atoms with van der Waals surface area (Å²) in [6.07, 6.45) is 9.29. The predicted octanol–water partition coefficient (Wildman–Crippen LogP) is 3.88. The van der Waals surface area contributed by atoms with E-state index in [0.717, 1.165) is 24.1 Å². The Morgan fingerprint density at radius 2 is 1.85 bits per heavy atom. The second kappa shape index (κ2) is 5.41. The van der Waals surface area contributed by atoms with Crippen molar-refractivity contribution < 1.29 is 5.11 Å². The average Bonchev–Trinajstić information content (AvgIpc) is 2.98. The van der Waals surface area contributed by atoms with Crippen molar-refractivity contribution in [1.29, 1.82) is 0 Å². The third-order valence-electron chi connectivity index (χ3n) is 4.59. The third kappa shape index (κ3) is 2.50. The standard InChI is InChI=1S/C17H22N2O/c1-17(10-6-3-7-11-17)16(20)14-12-18-19(13-14)15-8-4-2-5-9-15/h2,4-5,8-9,12-13,16,20H,3,6-7,10-11H2,1H3. The van der Waals surface area contributed by atoms with Gasteiger partial charge in [0.1, 0.15) is 0 Å². The molecule has 0 bridgehead atoms. The molecule has 0 aliphatic heterocycles. The Hall–Kier alpha value is -1.61. The smallest absolute Gasteiger partial charge is 0.0874 e. The molecule has 1 aromatic carbocycles. The SMILES string of the molecule is CC1(C(O)c2cnn(-c3ccccc3)c2)CCCCC1. The van der Waals surface area contributed by atoms with Crippen LogP contribution in [0.5, 0.6) is 0 Å². The Morgan fingerprint density at radius 1 is 1.15 bits per heavy atom. The summed E-state index contributed by atoms with van der Waals surface area (Å²) in [6.45, 7) is 2.21. The van der Waals surface area contributed by atoms with Crippen molar-refractivity contribution in [2.24, 2.45) is 5.41 Å². The van der Waals surface area contributed by atoms with Crippen LogP contribution in [0.1, 0.15) is 50.7 Å². The van der Waals surface area contributed by atoms with Crippen LogP contribution in [0, 0.1) is 5.41 Å². The van der Waals surface area contributed by atoms with E-state index in [0.29, 0.717) is 0 Å². The van der Waals surface area contributed by atoms with Gasteiger partial charge < -0.3 is 5.11 Å². The molecular weight excluding hydrogens is 248 g/mol. The summed E-state index contributed by atoms with van der Waals surface area (Å²) in [4.78, 5) is 0. The number of aromatic nitrogens is 2. The maximum Gasteiger partial charge on any atom is 0.0874 e. The Balaban J connectivity index is 1.83. The molecule has 1 N–H and O–H groups in total. The minimum Gasteiger partial charge on any atom is -0.388 e. The number of hydrogen-bond acceptors (Lipinski definition) is 2. The molecular formula is C17H22N2O. The Bertz CT molecular complexity index is 555. The van der Waals surface area contributed by atoms with Gasteiger partial charge in [0.05, 0.1) is 18.0 Å². The maximum absolute atomic E-state index is 10.7. The first kappa shape index (κ1) is 13.4. The van der Waals surface area contributed by atoms with E-state index in [1.54, 1.807) is 6.20 Å². The molecule has 3 nitrogen and oxygen atoms in total. The van der Waals surface area contributed by atoms with Gasteiger partial charge in [-0.1, -0.05) is 44.4 Å². The molecule has 0 amide bonds. The van der Waals surface area contributed by atoms with Crippen molar-refractivity contribution in [2.45, 2.75) is 45.1 Å². The first-order valence-electron chi connectivity index (χ1n) is 7.47. The third-order valence-corrected chi connectivity index (χ3v) is 4.59. The first-order valence-corrected chi connectivity index (χ1v) is 7.47. The van der Waals surface area contributed by atoms with Gasteiger partial charge in [0.15, 0.2) is 0 Å². The second-order valence-corrected chi connectivity index (χ2v) is 6.17. The highest BCUT2D eigenvalue weighted by Crippen LogP contribution is 2.45. The van der Waals surface area contributed by atoms with Crippen LogP contribution in [-0.2, 0) is 0 Å². The lowest BCUT2D eigenvalue weighted by atomic mass is 9.70. The van der Waals surface area contributed by atoms with Crippen LogP contribution in [0.3, 0.4) is 0 Å². The fourth-order valence-electron chi connectivity index (χ4n) is 3.24. The monoisotopic (exact) mass is 270 g/mol. The summed E-state index contributed by atoms with van der Waals surface area (Å²) >= 11 is 0. The molecule has 3 heteroatoms. The zero-order chi connectivity index (χ0) is 14.0. The highest BCUT2D eigenvalue weighted by Gasteiger charge is 2.35. The molecule has 1 atom stereocenters. The summed E-state index contributed by atoms with van der Waals surface area (Å²) in [5.74, 6) is 0. The normalized spacial score (nSPS) is 19.7. The van der Waals surface area contributed by atoms with E-state index in [1.165, 1.54) is 19.3 Å². The molecule has 0 spiro atoms. The van der Waals surface area contributed by atoms with Gasteiger partial charge >= 0.3 is 0 Å². The molecule has 0 radical (unpaired) electrons. The van der Waals surface area contributed by atoms with Crippen molar-refractivity contribution in [2.75, 3.05) is 0 Å². The van der Waals surface area contributed by atoms with E-state index in [1.807, 2.05) is 41.2 Å². The topological polar surface area (TPSA) is 38.1 Å². The number of hydrogen-bond donors (Lipinski definition) is 1. The molecule has 1 aromatic heterocycles. The zero-order valence-corrected chi connectivity index (χ0v) is 12.0. The van der Waals surface area contributed by atoms with E-state index in [2.05, 4.69) is 12.0 Å². The minimum absolute atomic E-state index is 0.00278. The molecule has 1 unspecified atom stereocenters. The van der Waals surface area contributed by atoms with Crippen molar-refractivity contribution in [1.82, 2.24) is 9.78 Å². The van der Waals surface area contributed by atoms with Gasteiger partial charge in [-0.3, -0.25) is 0 Å². The van der Waals surface area contributed by atoms with Gasteiger partial charge in [0, 0.05) is 11.8 Å². The molecule has 2 aromatic rings. The zero-order valence-electron chi connectivity index (χ0n) is 12.0. The number of aliphatic hydroxyl groups is 1. The van der Waals surface area contributed by atoms with Crippen LogP contribution in [0.25, 0.3) is 5.69 Å². The molecule has 106 valence electrons. The number of rotatable bonds is 3. The number of benzene rings is 1. The van der Waals surface area contributed by atoms with E-state index < -0.39 is 6.10 Å². The lowest BCUT2D eigenvalue weighted by Gasteiger charge is -2.37. The van der Waals surface area contributed by atoms with E-state index >= 15 is 0 Å². The van der Waals surface area contributed by atoms with Gasteiger partial charge in [-0.05, 0) is 30.4 Å². The molecule has 3 rings (SSSR count). The Kier molecular flexibility index (Phi) is 3.62. The highest BCUT2D eigenvalue weighted by atomic mass is 16.3. The Labute approximate surface area is 120 Å². The van der Waals surface area contributed by atoms with Crippen LogP contribution >= 0.6 is 0 Å². The van der Waals surface area contributed by atoms with Gasteiger partial charge in [0.25, 0.3) is 0 Å². The quantitative estimate of drug-likeness (QED) is 0.919. The molecule has 20 heavy (non-hydrogen) atoms. The molecule has 1 heterocycles. The average molecular weight is 270 g/mol. The van der Waals surface area contributed by atoms with Gasteiger partial charge in [-0.15, -0.1) is 0 Å². The lowest BCUT2D eigenvalue weighted by molar-refractivity contribution is 0.00817. The summed E-state index contributed by atoms with van der Waals surface area (Å²) in [7, 11) is 0. The van der Waals surface area contributed by atoms with Gasteiger partial charge in [-0.25, -0.2) is 4.68 Å². The van der Waals surface area contributed by atoms with Crippen LogP contribution in [-0.4, -0.2) is 14.9 Å². The highest BCUT2D eigenvalue weighted by molar-refractivity contribution is 5.31. The molecule has 1 saturated carbocycles. The predicted molar refractivity (Wildman–Crippen MR) is 79.7 cm³/mol. The number of nitrogens with zero attached hydrogens (tertiary/aromatic N) is 2. The van der Waals surface area contributed by atoms with E-state index in [-0.39, 0.29) is 5.41 Å². The van der Waals surface area contributed by atoms with Crippen molar-refractivity contribution in [3.05, 3.63) is 48.3 Å². The summed E-state index contributed by atoms with van der Waals surface area (Å²) in [5, 5.41) is 15.1.